The second-order valence-corrected chi connectivity index (χ2v) is 7.95. The lowest BCUT2D eigenvalue weighted by Crippen LogP contribution is -2.27. The van der Waals surface area contributed by atoms with Gasteiger partial charge in [0.25, 0.3) is 5.91 Å². The summed E-state index contributed by atoms with van der Waals surface area (Å²) in [5.41, 5.74) is 11.4. The van der Waals surface area contributed by atoms with Crippen LogP contribution in [0, 0.1) is 6.92 Å². The Bertz CT molecular complexity index is 978. The molecule has 3 N–H and O–H groups in total. The van der Waals surface area contributed by atoms with Gasteiger partial charge in [-0.3, -0.25) is 4.79 Å². The normalized spacial score (nSPS) is 14.4. The van der Waals surface area contributed by atoms with Crippen LogP contribution in [0.2, 0.25) is 0 Å². The number of amides is 1. The first-order valence-electron chi connectivity index (χ1n) is 8.74. The van der Waals surface area contributed by atoms with Crippen LogP contribution in [0.3, 0.4) is 0 Å². The first-order chi connectivity index (χ1) is 12.5. The van der Waals surface area contributed by atoms with E-state index in [2.05, 4.69) is 23.3 Å². The molecule has 4 rings (SSSR count). The third-order valence-corrected chi connectivity index (χ3v) is 5.95. The number of pyridine rings is 1. The number of rotatable bonds is 3. The molecule has 0 fully saturated rings. The van der Waals surface area contributed by atoms with Crippen molar-refractivity contribution in [2.75, 3.05) is 19.3 Å². The minimum Gasteiger partial charge on any atom is -0.397 e. The number of carbonyl (C=O) groups excluding carboxylic acids is 1. The van der Waals surface area contributed by atoms with E-state index in [4.69, 9.17) is 10.7 Å². The van der Waals surface area contributed by atoms with E-state index in [-0.39, 0.29) is 5.91 Å². The third-order valence-electron chi connectivity index (χ3n) is 4.84. The number of thiophene rings is 1. The second-order valence-electron chi connectivity index (χ2n) is 6.95. The fourth-order valence-electron chi connectivity index (χ4n) is 3.28. The molecule has 2 aromatic heterocycles. The lowest BCUT2D eigenvalue weighted by atomic mass is 10.0. The number of likely N-dealkylation sites (N-methyl/N-ethyl adjacent to an activating group) is 1. The largest absolute Gasteiger partial charge is 0.397 e. The monoisotopic (exact) mass is 366 g/mol. The summed E-state index contributed by atoms with van der Waals surface area (Å²) in [7, 11) is 2.11. The number of nitrogen functional groups attached to an aromatic ring is 1. The van der Waals surface area contributed by atoms with Crippen molar-refractivity contribution in [2.45, 2.75) is 26.4 Å². The van der Waals surface area contributed by atoms with Crippen molar-refractivity contribution in [1.82, 2.24) is 15.2 Å². The van der Waals surface area contributed by atoms with E-state index in [1.807, 2.05) is 31.2 Å². The smallest absolute Gasteiger partial charge is 0.263 e. The molecule has 0 spiro atoms. The van der Waals surface area contributed by atoms with Crippen molar-refractivity contribution >= 4 is 33.1 Å². The van der Waals surface area contributed by atoms with Crippen LogP contribution >= 0.6 is 11.3 Å². The quantitative estimate of drug-likeness (QED) is 0.747. The molecule has 5 nitrogen and oxygen atoms in total. The second kappa shape index (κ2) is 6.70. The van der Waals surface area contributed by atoms with E-state index < -0.39 is 0 Å². The Morgan fingerprint density at radius 3 is 2.88 bits per heavy atom. The number of nitrogens with two attached hydrogens (primary N) is 1. The number of benzene rings is 1. The summed E-state index contributed by atoms with van der Waals surface area (Å²) in [6, 6.07) is 10.2. The summed E-state index contributed by atoms with van der Waals surface area (Å²) in [6.07, 6.45) is 0.939. The van der Waals surface area contributed by atoms with Crippen LogP contribution in [0.15, 0.2) is 30.3 Å². The van der Waals surface area contributed by atoms with Gasteiger partial charge in [-0.1, -0.05) is 29.8 Å². The minimum absolute atomic E-state index is 0.138. The molecule has 0 atom stereocenters. The van der Waals surface area contributed by atoms with E-state index >= 15 is 0 Å². The van der Waals surface area contributed by atoms with Crippen LogP contribution in [0.5, 0.6) is 0 Å². The van der Waals surface area contributed by atoms with E-state index in [0.29, 0.717) is 17.1 Å². The fraction of sp³-hybridized carbons (Fsp3) is 0.300. The van der Waals surface area contributed by atoms with E-state index in [9.17, 15) is 4.79 Å². The van der Waals surface area contributed by atoms with Crippen LogP contribution in [0.1, 0.15) is 32.1 Å². The molecule has 0 unspecified atom stereocenters. The van der Waals surface area contributed by atoms with Crippen molar-refractivity contribution < 1.29 is 4.79 Å². The van der Waals surface area contributed by atoms with Crippen molar-refractivity contribution in [3.05, 3.63) is 57.6 Å². The molecule has 0 aliphatic carbocycles. The summed E-state index contributed by atoms with van der Waals surface area (Å²) < 4.78 is 0. The Labute approximate surface area is 156 Å². The molecule has 134 valence electrons. The van der Waals surface area contributed by atoms with E-state index in [0.717, 1.165) is 41.0 Å². The average molecular weight is 366 g/mol. The third kappa shape index (κ3) is 3.18. The fourth-order valence-corrected chi connectivity index (χ4v) is 4.29. The summed E-state index contributed by atoms with van der Waals surface area (Å²) >= 11 is 1.38. The minimum atomic E-state index is -0.138. The maximum Gasteiger partial charge on any atom is 0.263 e. The molecule has 6 heteroatoms. The summed E-state index contributed by atoms with van der Waals surface area (Å²) in [5.74, 6) is -0.138. The lowest BCUT2D eigenvalue weighted by Gasteiger charge is -2.24. The Balaban J connectivity index is 1.58. The number of anilines is 1. The number of aromatic nitrogens is 1. The first kappa shape index (κ1) is 17.0. The Kier molecular flexibility index (Phi) is 4.38. The zero-order valence-corrected chi connectivity index (χ0v) is 15.8. The molecule has 1 amide bonds. The predicted octanol–water partition coefficient (Wildman–Crippen LogP) is 3.10. The molecule has 1 aliphatic heterocycles. The molecule has 3 heterocycles. The van der Waals surface area contributed by atoms with Gasteiger partial charge in [0.2, 0.25) is 0 Å². The van der Waals surface area contributed by atoms with Gasteiger partial charge in [0, 0.05) is 37.1 Å². The number of hydrogen-bond donors (Lipinski definition) is 2. The van der Waals surface area contributed by atoms with Gasteiger partial charge in [0.05, 0.1) is 5.69 Å². The van der Waals surface area contributed by atoms with Crippen molar-refractivity contribution in [3.8, 4) is 0 Å². The molecule has 26 heavy (non-hydrogen) atoms. The number of aryl methyl sites for hydroxylation is 1. The van der Waals surface area contributed by atoms with Gasteiger partial charge in [0.1, 0.15) is 9.71 Å². The SMILES string of the molecule is Cc1ccc(CNC(=O)c2sc3nc4c(cc3c2N)CN(C)CC4)cc1. The number of fused-ring (bicyclic) bond motifs is 2. The topological polar surface area (TPSA) is 71.2 Å². The van der Waals surface area contributed by atoms with E-state index in [1.54, 1.807) is 0 Å². The molecule has 1 aromatic carbocycles. The lowest BCUT2D eigenvalue weighted by molar-refractivity contribution is 0.0956. The highest BCUT2D eigenvalue weighted by Crippen LogP contribution is 2.34. The first-order valence-corrected chi connectivity index (χ1v) is 9.56. The van der Waals surface area contributed by atoms with Gasteiger partial charge in [-0.2, -0.15) is 0 Å². The zero-order chi connectivity index (χ0) is 18.3. The molecule has 0 bridgehead atoms. The number of nitrogens with zero attached hydrogens (tertiary/aromatic N) is 2. The molecule has 0 saturated heterocycles. The molecular weight excluding hydrogens is 344 g/mol. The Morgan fingerprint density at radius 1 is 1.35 bits per heavy atom. The Hall–Kier alpha value is -2.44. The van der Waals surface area contributed by atoms with Gasteiger partial charge in [-0.15, -0.1) is 11.3 Å². The van der Waals surface area contributed by atoms with Crippen molar-refractivity contribution in [3.63, 3.8) is 0 Å². The Morgan fingerprint density at radius 2 is 2.12 bits per heavy atom. The van der Waals surface area contributed by atoms with Crippen LogP contribution < -0.4 is 11.1 Å². The summed E-state index contributed by atoms with van der Waals surface area (Å²) in [4.78, 5) is 21.1. The molecule has 3 aromatic rings. The van der Waals surface area contributed by atoms with Crippen LogP contribution in [0.4, 0.5) is 5.69 Å². The number of hydrogen-bond acceptors (Lipinski definition) is 5. The van der Waals surface area contributed by atoms with Gasteiger partial charge >= 0.3 is 0 Å². The molecule has 0 saturated carbocycles. The molecule has 0 radical (unpaired) electrons. The number of carbonyl (C=O) groups is 1. The van der Waals surface area contributed by atoms with E-state index in [1.165, 1.54) is 22.5 Å². The summed E-state index contributed by atoms with van der Waals surface area (Å²) in [6.45, 7) is 4.42. The van der Waals surface area contributed by atoms with Crippen molar-refractivity contribution in [1.29, 1.82) is 0 Å². The molecule has 1 aliphatic rings. The van der Waals surface area contributed by atoms with Gasteiger partial charge < -0.3 is 16.0 Å². The van der Waals surface area contributed by atoms with Gasteiger partial charge in [-0.25, -0.2) is 4.98 Å². The van der Waals surface area contributed by atoms with Crippen LogP contribution in [-0.4, -0.2) is 29.4 Å². The summed E-state index contributed by atoms with van der Waals surface area (Å²) in [5, 5.41) is 3.86. The molecular formula is C20H22N4OS. The highest BCUT2D eigenvalue weighted by atomic mass is 32.1. The van der Waals surface area contributed by atoms with Gasteiger partial charge in [0.15, 0.2) is 0 Å². The standard InChI is InChI=1S/C20H22N4OS/c1-12-3-5-13(6-4-12)10-22-19(25)18-17(21)15-9-14-11-24(2)8-7-16(14)23-20(15)26-18/h3-6,9H,7-8,10-11,21H2,1-2H3,(H,22,25). The number of nitrogens with one attached hydrogen (secondary N) is 1. The predicted molar refractivity (Wildman–Crippen MR) is 106 cm³/mol. The zero-order valence-electron chi connectivity index (χ0n) is 15.0. The van der Waals surface area contributed by atoms with Gasteiger partial charge in [-0.05, 0) is 31.2 Å². The highest BCUT2D eigenvalue weighted by Gasteiger charge is 2.21. The average Bonchev–Trinajstić information content (AvgIpc) is 2.95. The maximum absolute atomic E-state index is 12.6. The highest BCUT2D eigenvalue weighted by molar-refractivity contribution is 7.21. The van der Waals surface area contributed by atoms with Crippen LogP contribution in [0.25, 0.3) is 10.2 Å². The maximum atomic E-state index is 12.6. The van der Waals surface area contributed by atoms with Crippen molar-refractivity contribution in [2.24, 2.45) is 0 Å². The van der Waals surface area contributed by atoms with Crippen LogP contribution in [-0.2, 0) is 19.5 Å².